The number of amides is 1. The third-order valence-electron chi connectivity index (χ3n) is 3.04. The van der Waals surface area contributed by atoms with E-state index in [9.17, 15) is 18.0 Å². The van der Waals surface area contributed by atoms with E-state index in [2.05, 4.69) is 21.2 Å². The van der Waals surface area contributed by atoms with Crippen molar-refractivity contribution in [2.24, 2.45) is 0 Å². The molecule has 0 unspecified atom stereocenters. The Morgan fingerprint density at radius 2 is 1.91 bits per heavy atom. The molecular weight excluding hydrogens is 383 g/mol. The van der Waals surface area contributed by atoms with Crippen LogP contribution in [-0.2, 0) is 6.18 Å². The number of rotatable bonds is 2. The summed E-state index contributed by atoms with van der Waals surface area (Å²) in [5.41, 5.74) is 0.0319. The fourth-order valence-corrected chi connectivity index (χ4v) is 3.05. The fourth-order valence-electron chi connectivity index (χ4n) is 2.00. The van der Waals surface area contributed by atoms with Crippen LogP contribution in [0.3, 0.4) is 0 Å². The molecule has 0 aromatic heterocycles. The summed E-state index contributed by atoms with van der Waals surface area (Å²) in [6.07, 6.45) is -4.55. The molecule has 2 rings (SSSR count). The Morgan fingerprint density at radius 3 is 2.50 bits per heavy atom. The minimum atomic E-state index is -4.55. The van der Waals surface area contributed by atoms with Gasteiger partial charge in [0.1, 0.15) is 0 Å². The highest BCUT2D eigenvalue weighted by Gasteiger charge is 2.34. The first-order valence-corrected chi connectivity index (χ1v) is 7.30. The molecule has 0 atom stereocenters. The van der Waals surface area contributed by atoms with E-state index in [1.165, 1.54) is 19.2 Å². The molecule has 2 nitrogen and oxygen atoms in total. The predicted octanol–water partition coefficient (Wildman–Crippen LogP) is 5.15. The Labute approximate surface area is 138 Å². The van der Waals surface area contributed by atoms with Gasteiger partial charge in [0.2, 0.25) is 0 Å². The molecule has 116 valence electrons. The molecule has 0 radical (unpaired) electrons. The van der Waals surface area contributed by atoms with Crippen molar-refractivity contribution >= 4 is 33.4 Å². The molecule has 2 aromatic rings. The first kappa shape index (κ1) is 16.8. The lowest BCUT2D eigenvalue weighted by Gasteiger charge is -2.15. The van der Waals surface area contributed by atoms with Crippen molar-refractivity contribution < 1.29 is 18.0 Å². The second kappa shape index (κ2) is 6.30. The maximum absolute atomic E-state index is 13.0. The van der Waals surface area contributed by atoms with Gasteiger partial charge in [-0.3, -0.25) is 4.79 Å². The van der Waals surface area contributed by atoms with Gasteiger partial charge in [-0.25, -0.2) is 0 Å². The summed E-state index contributed by atoms with van der Waals surface area (Å²) in [5.74, 6) is -0.332. The van der Waals surface area contributed by atoms with Crippen molar-refractivity contribution in [2.75, 3.05) is 7.05 Å². The lowest BCUT2D eigenvalue weighted by atomic mass is 10.0. The summed E-state index contributed by atoms with van der Waals surface area (Å²) in [7, 11) is 1.47. The Hall–Kier alpha value is -1.53. The third-order valence-corrected chi connectivity index (χ3v) is 4.09. The van der Waals surface area contributed by atoms with E-state index in [-0.39, 0.29) is 11.5 Å². The zero-order chi connectivity index (χ0) is 16.5. The monoisotopic (exact) mass is 391 g/mol. The number of carbonyl (C=O) groups excluding carboxylic acids is 1. The first-order chi connectivity index (χ1) is 10.3. The van der Waals surface area contributed by atoms with Crippen molar-refractivity contribution in [3.05, 3.63) is 57.0 Å². The van der Waals surface area contributed by atoms with Crippen LogP contribution in [0.2, 0.25) is 5.02 Å². The smallest absolute Gasteiger partial charge is 0.355 e. The van der Waals surface area contributed by atoms with Gasteiger partial charge < -0.3 is 5.32 Å². The van der Waals surface area contributed by atoms with Crippen LogP contribution in [0.25, 0.3) is 11.1 Å². The van der Waals surface area contributed by atoms with Crippen LogP contribution in [0, 0.1) is 0 Å². The van der Waals surface area contributed by atoms with Crippen molar-refractivity contribution in [2.45, 2.75) is 6.18 Å². The summed E-state index contributed by atoms with van der Waals surface area (Å²) >= 11 is 9.16. The number of hydrogen-bond donors (Lipinski definition) is 1. The molecular formula is C15H10BrClF3NO. The summed E-state index contributed by atoms with van der Waals surface area (Å²) < 4.78 is 39.3. The van der Waals surface area contributed by atoms with Crippen LogP contribution in [0.15, 0.2) is 40.9 Å². The SMILES string of the molecule is CNC(=O)c1cccc(-c2c(Br)ccc(C(F)(F)F)c2Cl)c1. The molecule has 0 aliphatic rings. The standard InChI is InChI=1S/C15H10BrClF3NO/c1-21-14(22)9-4-2-3-8(7-9)12-11(16)6-5-10(13(12)17)15(18,19)20/h2-7H,1H3,(H,21,22). The Morgan fingerprint density at radius 1 is 1.23 bits per heavy atom. The minimum absolute atomic E-state index is 0.197. The van der Waals surface area contributed by atoms with Gasteiger partial charge in [0.15, 0.2) is 0 Å². The normalized spacial score (nSPS) is 11.4. The van der Waals surface area contributed by atoms with Gasteiger partial charge in [0.25, 0.3) is 5.91 Å². The number of benzene rings is 2. The largest absolute Gasteiger partial charge is 0.417 e. The third kappa shape index (κ3) is 3.28. The summed E-state index contributed by atoms with van der Waals surface area (Å²) in [5, 5.41) is 2.05. The molecule has 7 heteroatoms. The lowest BCUT2D eigenvalue weighted by Crippen LogP contribution is -2.17. The van der Waals surface area contributed by atoms with Gasteiger partial charge in [-0.1, -0.05) is 39.7 Å². The van der Waals surface area contributed by atoms with Crippen molar-refractivity contribution in [3.63, 3.8) is 0 Å². The maximum Gasteiger partial charge on any atom is 0.417 e. The van der Waals surface area contributed by atoms with Gasteiger partial charge in [-0.05, 0) is 29.8 Å². The Balaban J connectivity index is 2.65. The molecule has 0 bridgehead atoms. The van der Waals surface area contributed by atoms with Gasteiger partial charge in [-0.15, -0.1) is 0 Å². The van der Waals surface area contributed by atoms with Crippen LogP contribution in [0.5, 0.6) is 0 Å². The number of halogens is 5. The van der Waals surface area contributed by atoms with Crippen molar-refractivity contribution in [1.82, 2.24) is 5.32 Å². The minimum Gasteiger partial charge on any atom is -0.355 e. The van der Waals surface area contributed by atoms with E-state index in [0.29, 0.717) is 15.6 Å². The fraction of sp³-hybridized carbons (Fsp3) is 0.133. The number of alkyl halides is 3. The van der Waals surface area contributed by atoms with Crippen LogP contribution in [0.4, 0.5) is 13.2 Å². The van der Waals surface area contributed by atoms with Gasteiger partial charge in [0, 0.05) is 22.6 Å². The van der Waals surface area contributed by atoms with E-state index in [1.807, 2.05) is 0 Å². The van der Waals surface area contributed by atoms with E-state index in [0.717, 1.165) is 6.07 Å². The second-order valence-electron chi connectivity index (χ2n) is 4.44. The highest BCUT2D eigenvalue weighted by molar-refractivity contribution is 9.10. The highest BCUT2D eigenvalue weighted by atomic mass is 79.9. The van der Waals surface area contributed by atoms with E-state index in [4.69, 9.17) is 11.6 Å². The molecule has 0 aliphatic heterocycles. The van der Waals surface area contributed by atoms with Crippen LogP contribution >= 0.6 is 27.5 Å². The van der Waals surface area contributed by atoms with Gasteiger partial charge in [0.05, 0.1) is 10.6 Å². The number of carbonyl (C=O) groups is 1. The quantitative estimate of drug-likeness (QED) is 0.752. The van der Waals surface area contributed by atoms with E-state index < -0.39 is 16.8 Å². The zero-order valence-electron chi connectivity index (χ0n) is 11.3. The molecule has 0 saturated carbocycles. The van der Waals surface area contributed by atoms with E-state index >= 15 is 0 Å². The molecule has 0 spiro atoms. The van der Waals surface area contributed by atoms with Crippen molar-refractivity contribution in [3.8, 4) is 11.1 Å². The van der Waals surface area contributed by atoms with E-state index in [1.54, 1.807) is 18.2 Å². The highest BCUT2D eigenvalue weighted by Crippen LogP contribution is 2.43. The zero-order valence-corrected chi connectivity index (χ0v) is 13.6. The summed E-state index contributed by atoms with van der Waals surface area (Å²) in [6.45, 7) is 0. The number of nitrogens with one attached hydrogen (secondary N) is 1. The Bertz CT molecular complexity index is 731. The molecule has 0 saturated heterocycles. The average molecular weight is 393 g/mol. The molecule has 1 amide bonds. The summed E-state index contributed by atoms with van der Waals surface area (Å²) in [6, 6.07) is 8.44. The topological polar surface area (TPSA) is 29.1 Å². The first-order valence-electron chi connectivity index (χ1n) is 6.13. The predicted molar refractivity (Wildman–Crippen MR) is 83.0 cm³/mol. The molecule has 0 heterocycles. The number of hydrogen-bond acceptors (Lipinski definition) is 1. The molecule has 0 fully saturated rings. The second-order valence-corrected chi connectivity index (χ2v) is 5.67. The molecule has 2 aromatic carbocycles. The molecule has 22 heavy (non-hydrogen) atoms. The van der Waals surface area contributed by atoms with Gasteiger partial charge in [-0.2, -0.15) is 13.2 Å². The van der Waals surface area contributed by atoms with Crippen LogP contribution in [-0.4, -0.2) is 13.0 Å². The molecule has 0 aliphatic carbocycles. The Kier molecular flexibility index (Phi) is 4.82. The van der Waals surface area contributed by atoms with Crippen LogP contribution < -0.4 is 5.32 Å². The van der Waals surface area contributed by atoms with Gasteiger partial charge >= 0.3 is 6.18 Å². The van der Waals surface area contributed by atoms with Crippen molar-refractivity contribution in [1.29, 1.82) is 0 Å². The summed E-state index contributed by atoms with van der Waals surface area (Å²) in [4.78, 5) is 11.7. The van der Waals surface area contributed by atoms with Crippen LogP contribution in [0.1, 0.15) is 15.9 Å². The lowest BCUT2D eigenvalue weighted by molar-refractivity contribution is -0.137. The maximum atomic E-state index is 13.0. The average Bonchev–Trinajstić information content (AvgIpc) is 2.45. The molecule has 1 N–H and O–H groups in total.